The monoisotopic (exact) mass is 255 g/mol. The Hall–Kier alpha value is -2.16. The van der Waals surface area contributed by atoms with Crippen LogP contribution in [0.15, 0.2) is 42.5 Å². The molecule has 2 aromatic carbocycles. The number of nitrogens with two attached hydrogens (primary N) is 1. The molecule has 0 saturated carbocycles. The van der Waals surface area contributed by atoms with E-state index >= 15 is 0 Å². The Morgan fingerprint density at radius 2 is 2.00 bits per heavy atom. The summed E-state index contributed by atoms with van der Waals surface area (Å²) in [6.07, 6.45) is 1.08. The second-order valence-corrected chi connectivity index (χ2v) is 4.82. The standard InChI is InChI=1S/C16H17NO2/c1-18-15-7-6-13(17)9-16(15)19-10-12-8-11-4-2-3-5-14(11)12/h2-7,9,12H,8,10,17H2,1H3. The van der Waals surface area contributed by atoms with E-state index in [1.807, 2.05) is 18.2 Å². The molecular weight excluding hydrogens is 238 g/mol. The molecule has 0 aliphatic heterocycles. The SMILES string of the molecule is COc1ccc(N)cc1OCC1Cc2ccccc21. The van der Waals surface area contributed by atoms with Crippen LogP contribution in [0.25, 0.3) is 0 Å². The van der Waals surface area contributed by atoms with Gasteiger partial charge >= 0.3 is 0 Å². The normalized spacial score (nSPS) is 16.4. The van der Waals surface area contributed by atoms with Gasteiger partial charge in [0.25, 0.3) is 0 Å². The van der Waals surface area contributed by atoms with Crippen LogP contribution in [0.4, 0.5) is 5.69 Å². The molecule has 0 aromatic heterocycles. The molecule has 1 aliphatic rings. The van der Waals surface area contributed by atoms with Crippen molar-refractivity contribution < 1.29 is 9.47 Å². The summed E-state index contributed by atoms with van der Waals surface area (Å²) in [6.45, 7) is 0.664. The van der Waals surface area contributed by atoms with Crippen LogP contribution in [0.2, 0.25) is 0 Å². The minimum absolute atomic E-state index is 0.474. The zero-order valence-corrected chi connectivity index (χ0v) is 10.9. The van der Waals surface area contributed by atoms with Gasteiger partial charge < -0.3 is 15.2 Å². The van der Waals surface area contributed by atoms with Crippen LogP contribution in [0.1, 0.15) is 17.0 Å². The van der Waals surface area contributed by atoms with Crippen LogP contribution in [-0.4, -0.2) is 13.7 Å². The van der Waals surface area contributed by atoms with Gasteiger partial charge in [0.05, 0.1) is 13.7 Å². The number of fused-ring (bicyclic) bond motifs is 1. The molecule has 0 bridgehead atoms. The van der Waals surface area contributed by atoms with E-state index in [2.05, 4.69) is 24.3 Å². The van der Waals surface area contributed by atoms with E-state index in [9.17, 15) is 0 Å². The lowest BCUT2D eigenvalue weighted by Gasteiger charge is -2.30. The second-order valence-electron chi connectivity index (χ2n) is 4.82. The minimum atomic E-state index is 0.474. The maximum Gasteiger partial charge on any atom is 0.163 e. The smallest absolute Gasteiger partial charge is 0.163 e. The predicted molar refractivity (Wildman–Crippen MR) is 75.8 cm³/mol. The average molecular weight is 255 g/mol. The first-order valence-electron chi connectivity index (χ1n) is 6.42. The molecule has 19 heavy (non-hydrogen) atoms. The minimum Gasteiger partial charge on any atom is -0.493 e. The molecule has 0 amide bonds. The molecule has 0 spiro atoms. The zero-order valence-electron chi connectivity index (χ0n) is 10.9. The highest BCUT2D eigenvalue weighted by atomic mass is 16.5. The quantitative estimate of drug-likeness (QED) is 0.854. The highest BCUT2D eigenvalue weighted by molar-refractivity contribution is 5.52. The molecule has 2 aromatic rings. The van der Waals surface area contributed by atoms with Gasteiger partial charge in [-0.05, 0) is 29.7 Å². The number of hydrogen-bond donors (Lipinski definition) is 1. The topological polar surface area (TPSA) is 44.5 Å². The van der Waals surface area contributed by atoms with Crippen molar-refractivity contribution in [3.8, 4) is 11.5 Å². The predicted octanol–water partition coefficient (Wildman–Crippen LogP) is 3.00. The number of rotatable bonds is 4. The third kappa shape index (κ3) is 2.24. The van der Waals surface area contributed by atoms with Crippen LogP contribution < -0.4 is 15.2 Å². The Balaban J connectivity index is 1.70. The Labute approximate surface area is 113 Å². The third-order valence-corrected chi connectivity index (χ3v) is 3.59. The summed E-state index contributed by atoms with van der Waals surface area (Å²) in [5.41, 5.74) is 9.28. The van der Waals surface area contributed by atoms with Gasteiger partial charge in [-0.25, -0.2) is 0 Å². The lowest BCUT2D eigenvalue weighted by molar-refractivity contribution is 0.261. The summed E-state index contributed by atoms with van der Waals surface area (Å²) in [4.78, 5) is 0. The summed E-state index contributed by atoms with van der Waals surface area (Å²) in [7, 11) is 1.64. The number of anilines is 1. The lowest BCUT2D eigenvalue weighted by atomic mass is 9.78. The Morgan fingerprint density at radius 3 is 2.79 bits per heavy atom. The number of nitrogen functional groups attached to an aromatic ring is 1. The van der Waals surface area contributed by atoms with Crippen molar-refractivity contribution in [3.05, 3.63) is 53.6 Å². The van der Waals surface area contributed by atoms with Crippen molar-refractivity contribution in [1.29, 1.82) is 0 Å². The highest BCUT2D eigenvalue weighted by Crippen LogP contribution is 2.36. The molecule has 1 atom stereocenters. The van der Waals surface area contributed by atoms with Gasteiger partial charge in [-0.3, -0.25) is 0 Å². The molecule has 3 rings (SSSR count). The second kappa shape index (κ2) is 4.84. The average Bonchev–Trinajstić information content (AvgIpc) is 2.40. The van der Waals surface area contributed by atoms with Crippen LogP contribution in [0, 0.1) is 0 Å². The van der Waals surface area contributed by atoms with Crippen molar-refractivity contribution in [2.24, 2.45) is 0 Å². The summed E-state index contributed by atoms with van der Waals surface area (Å²) in [5.74, 6) is 1.91. The summed E-state index contributed by atoms with van der Waals surface area (Å²) in [6, 6.07) is 14.0. The van der Waals surface area contributed by atoms with Crippen molar-refractivity contribution in [3.63, 3.8) is 0 Å². The number of hydrogen-bond acceptors (Lipinski definition) is 3. The van der Waals surface area contributed by atoms with Gasteiger partial charge in [-0.2, -0.15) is 0 Å². The van der Waals surface area contributed by atoms with Gasteiger partial charge in [0.1, 0.15) is 0 Å². The van der Waals surface area contributed by atoms with Crippen molar-refractivity contribution in [1.82, 2.24) is 0 Å². The molecule has 1 aliphatic carbocycles. The molecule has 98 valence electrons. The highest BCUT2D eigenvalue weighted by Gasteiger charge is 2.26. The van der Waals surface area contributed by atoms with Gasteiger partial charge in [0.2, 0.25) is 0 Å². The first kappa shape index (κ1) is 11.9. The van der Waals surface area contributed by atoms with E-state index < -0.39 is 0 Å². The third-order valence-electron chi connectivity index (χ3n) is 3.59. The van der Waals surface area contributed by atoms with E-state index in [1.165, 1.54) is 11.1 Å². The van der Waals surface area contributed by atoms with Crippen LogP contribution in [0.3, 0.4) is 0 Å². The van der Waals surface area contributed by atoms with Gasteiger partial charge in [-0.1, -0.05) is 24.3 Å². The molecule has 2 N–H and O–H groups in total. The summed E-state index contributed by atoms with van der Waals surface area (Å²) < 4.78 is 11.1. The Kier molecular flexibility index (Phi) is 3.03. The Morgan fingerprint density at radius 1 is 1.16 bits per heavy atom. The number of ether oxygens (including phenoxy) is 2. The molecule has 3 heteroatoms. The molecule has 0 fully saturated rings. The summed E-state index contributed by atoms with van der Waals surface area (Å²) in [5, 5.41) is 0. The zero-order chi connectivity index (χ0) is 13.2. The van der Waals surface area contributed by atoms with E-state index in [-0.39, 0.29) is 0 Å². The first-order chi connectivity index (χ1) is 9.28. The molecule has 0 radical (unpaired) electrons. The maximum absolute atomic E-state index is 5.86. The van der Waals surface area contributed by atoms with Crippen molar-refractivity contribution in [2.45, 2.75) is 12.3 Å². The number of methoxy groups -OCH3 is 1. The molecule has 1 unspecified atom stereocenters. The molecular formula is C16H17NO2. The van der Waals surface area contributed by atoms with Crippen LogP contribution in [-0.2, 0) is 6.42 Å². The fraction of sp³-hybridized carbons (Fsp3) is 0.250. The van der Waals surface area contributed by atoms with E-state index in [0.717, 1.165) is 12.2 Å². The van der Waals surface area contributed by atoms with Crippen LogP contribution in [0.5, 0.6) is 11.5 Å². The molecule has 0 heterocycles. The molecule has 0 saturated heterocycles. The van der Waals surface area contributed by atoms with E-state index in [4.69, 9.17) is 15.2 Å². The van der Waals surface area contributed by atoms with E-state index in [1.54, 1.807) is 7.11 Å². The first-order valence-corrected chi connectivity index (χ1v) is 6.42. The van der Waals surface area contributed by atoms with Gasteiger partial charge in [0, 0.05) is 17.7 Å². The van der Waals surface area contributed by atoms with E-state index in [0.29, 0.717) is 24.0 Å². The van der Waals surface area contributed by atoms with Crippen LogP contribution >= 0.6 is 0 Å². The number of benzene rings is 2. The van der Waals surface area contributed by atoms with Crippen molar-refractivity contribution in [2.75, 3.05) is 19.5 Å². The fourth-order valence-corrected chi connectivity index (χ4v) is 2.51. The van der Waals surface area contributed by atoms with Gasteiger partial charge in [0.15, 0.2) is 11.5 Å². The largest absolute Gasteiger partial charge is 0.493 e. The van der Waals surface area contributed by atoms with Gasteiger partial charge in [-0.15, -0.1) is 0 Å². The molecule has 3 nitrogen and oxygen atoms in total. The maximum atomic E-state index is 5.86. The van der Waals surface area contributed by atoms with Crippen molar-refractivity contribution >= 4 is 5.69 Å². The fourth-order valence-electron chi connectivity index (χ4n) is 2.51. The summed E-state index contributed by atoms with van der Waals surface area (Å²) >= 11 is 0. The Bertz CT molecular complexity index is 595. The lowest BCUT2D eigenvalue weighted by Crippen LogP contribution is -2.23.